The summed E-state index contributed by atoms with van der Waals surface area (Å²) in [7, 11) is 0. The van der Waals surface area contributed by atoms with Gasteiger partial charge in [-0.1, -0.05) is 42.7 Å². The SMILES string of the molecule is Cc1cccc(CCC2(NC(=S)Nc3cc(C)ccn3)CCCC2)c1. The van der Waals surface area contributed by atoms with Crippen molar-refractivity contribution in [2.45, 2.75) is 57.9 Å². The quantitative estimate of drug-likeness (QED) is 0.747. The maximum absolute atomic E-state index is 5.58. The molecule has 0 radical (unpaired) electrons. The Balaban J connectivity index is 1.62. The van der Waals surface area contributed by atoms with Crippen LogP contribution >= 0.6 is 12.2 Å². The van der Waals surface area contributed by atoms with Crippen LogP contribution in [0.5, 0.6) is 0 Å². The van der Waals surface area contributed by atoms with Crippen LogP contribution < -0.4 is 10.6 Å². The molecular weight excluding hydrogens is 326 g/mol. The van der Waals surface area contributed by atoms with Gasteiger partial charge in [-0.2, -0.15) is 0 Å². The molecule has 1 aliphatic carbocycles. The van der Waals surface area contributed by atoms with Crippen LogP contribution in [0.4, 0.5) is 5.82 Å². The third kappa shape index (κ3) is 5.02. The van der Waals surface area contributed by atoms with Crippen molar-refractivity contribution in [1.29, 1.82) is 0 Å². The second kappa shape index (κ2) is 7.96. The van der Waals surface area contributed by atoms with Gasteiger partial charge in [-0.05, 0) is 75.0 Å². The first-order chi connectivity index (χ1) is 12.0. The number of benzene rings is 1. The summed E-state index contributed by atoms with van der Waals surface area (Å²) in [5.74, 6) is 0.810. The molecule has 25 heavy (non-hydrogen) atoms. The van der Waals surface area contributed by atoms with Gasteiger partial charge < -0.3 is 10.6 Å². The van der Waals surface area contributed by atoms with Crippen LogP contribution in [0.25, 0.3) is 0 Å². The van der Waals surface area contributed by atoms with E-state index in [9.17, 15) is 0 Å². The molecule has 1 saturated carbocycles. The molecule has 2 aromatic rings. The number of rotatable bonds is 5. The fourth-order valence-corrected chi connectivity index (χ4v) is 4.05. The van der Waals surface area contributed by atoms with Gasteiger partial charge in [0.1, 0.15) is 5.82 Å². The summed E-state index contributed by atoms with van der Waals surface area (Å²) >= 11 is 5.58. The Kier molecular flexibility index (Phi) is 5.69. The van der Waals surface area contributed by atoms with E-state index in [1.54, 1.807) is 0 Å². The lowest BCUT2D eigenvalue weighted by atomic mass is 9.89. The second-order valence-electron chi connectivity index (χ2n) is 7.27. The molecule has 3 rings (SSSR count). The molecule has 1 fully saturated rings. The monoisotopic (exact) mass is 353 g/mol. The van der Waals surface area contributed by atoms with Crippen LogP contribution in [0.15, 0.2) is 42.6 Å². The van der Waals surface area contributed by atoms with Crippen molar-refractivity contribution in [2.24, 2.45) is 0 Å². The minimum atomic E-state index is 0.109. The van der Waals surface area contributed by atoms with Crippen LogP contribution in [0.1, 0.15) is 48.8 Å². The highest BCUT2D eigenvalue weighted by Crippen LogP contribution is 2.34. The molecule has 0 unspecified atom stereocenters. The van der Waals surface area contributed by atoms with Gasteiger partial charge in [0, 0.05) is 11.7 Å². The topological polar surface area (TPSA) is 37.0 Å². The molecule has 0 saturated heterocycles. The Morgan fingerprint density at radius 1 is 1.12 bits per heavy atom. The van der Waals surface area contributed by atoms with Gasteiger partial charge >= 0.3 is 0 Å². The maximum atomic E-state index is 5.58. The Bertz CT molecular complexity index is 735. The van der Waals surface area contributed by atoms with Crippen LogP contribution in [0, 0.1) is 13.8 Å². The fraction of sp³-hybridized carbons (Fsp3) is 0.429. The molecule has 4 heteroatoms. The van der Waals surface area contributed by atoms with Crippen LogP contribution in [0.2, 0.25) is 0 Å². The average molecular weight is 354 g/mol. The van der Waals surface area contributed by atoms with E-state index in [-0.39, 0.29) is 5.54 Å². The van der Waals surface area contributed by atoms with Crippen molar-refractivity contribution in [3.63, 3.8) is 0 Å². The fourth-order valence-electron chi connectivity index (χ4n) is 3.73. The normalized spacial score (nSPS) is 15.8. The molecule has 1 aliphatic rings. The molecule has 0 amide bonds. The number of hydrogen-bond donors (Lipinski definition) is 2. The number of hydrogen-bond acceptors (Lipinski definition) is 2. The Morgan fingerprint density at radius 3 is 2.60 bits per heavy atom. The van der Waals surface area contributed by atoms with Crippen LogP contribution in [-0.2, 0) is 6.42 Å². The smallest absolute Gasteiger partial charge is 0.172 e. The summed E-state index contributed by atoms with van der Waals surface area (Å²) in [4.78, 5) is 4.34. The summed E-state index contributed by atoms with van der Waals surface area (Å²) in [5, 5.41) is 7.56. The molecule has 1 aromatic heterocycles. The first-order valence-electron chi connectivity index (χ1n) is 9.12. The van der Waals surface area contributed by atoms with E-state index in [1.165, 1.54) is 42.4 Å². The predicted molar refractivity (Wildman–Crippen MR) is 109 cm³/mol. The molecule has 1 aromatic carbocycles. The van der Waals surface area contributed by atoms with Crippen molar-refractivity contribution in [3.8, 4) is 0 Å². The van der Waals surface area contributed by atoms with E-state index in [0.29, 0.717) is 5.11 Å². The average Bonchev–Trinajstić information content (AvgIpc) is 3.02. The molecule has 0 atom stereocenters. The van der Waals surface area contributed by atoms with E-state index in [0.717, 1.165) is 18.7 Å². The highest BCUT2D eigenvalue weighted by Gasteiger charge is 2.34. The molecule has 0 aliphatic heterocycles. The molecular formula is C21H27N3S. The lowest BCUT2D eigenvalue weighted by molar-refractivity contribution is 0.362. The van der Waals surface area contributed by atoms with Crippen molar-refractivity contribution in [2.75, 3.05) is 5.32 Å². The van der Waals surface area contributed by atoms with E-state index in [1.807, 2.05) is 18.3 Å². The largest absolute Gasteiger partial charge is 0.357 e. The zero-order valence-electron chi connectivity index (χ0n) is 15.1. The van der Waals surface area contributed by atoms with E-state index in [2.05, 4.69) is 53.7 Å². The molecule has 3 nitrogen and oxygen atoms in total. The van der Waals surface area contributed by atoms with Gasteiger partial charge in [0.2, 0.25) is 0 Å². The number of aryl methyl sites for hydroxylation is 3. The summed E-state index contributed by atoms with van der Waals surface area (Å²) in [6, 6.07) is 12.8. The Labute approximate surface area is 156 Å². The molecule has 0 spiro atoms. The zero-order chi connectivity index (χ0) is 17.7. The number of thiocarbonyl (C=S) groups is 1. The van der Waals surface area contributed by atoms with Gasteiger partial charge in [0.05, 0.1) is 0 Å². The summed E-state index contributed by atoms with van der Waals surface area (Å²) in [6.07, 6.45) is 8.91. The zero-order valence-corrected chi connectivity index (χ0v) is 16.0. The Morgan fingerprint density at radius 2 is 1.88 bits per heavy atom. The van der Waals surface area contributed by atoms with E-state index in [4.69, 9.17) is 12.2 Å². The number of nitrogens with one attached hydrogen (secondary N) is 2. The summed E-state index contributed by atoms with van der Waals surface area (Å²) in [6.45, 7) is 4.21. The van der Waals surface area contributed by atoms with Gasteiger partial charge in [-0.3, -0.25) is 0 Å². The number of nitrogens with zero attached hydrogens (tertiary/aromatic N) is 1. The molecule has 1 heterocycles. The molecule has 2 N–H and O–H groups in total. The predicted octanol–water partition coefficient (Wildman–Crippen LogP) is 4.93. The highest BCUT2D eigenvalue weighted by atomic mass is 32.1. The van der Waals surface area contributed by atoms with Crippen LogP contribution in [-0.4, -0.2) is 15.6 Å². The standard InChI is InChI=1S/C21H27N3S/c1-16-6-5-7-18(14-16)8-12-21(10-3-4-11-21)24-20(25)23-19-15-17(2)9-13-22-19/h5-7,9,13-15H,3-4,8,10-12H2,1-2H3,(H2,22,23,24,25). The van der Waals surface area contributed by atoms with Crippen LogP contribution in [0.3, 0.4) is 0 Å². The van der Waals surface area contributed by atoms with Crippen molar-refractivity contribution in [3.05, 3.63) is 59.3 Å². The third-order valence-electron chi connectivity index (χ3n) is 5.07. The summed E-state index contributed by atoms with van der Waals surface area (Å²) < 4.78 is 0. The van der Waals surface area contributed by atoms with E-state index < -0.39 is 0 Å². The third-order valence-corrected chi connectivity index (χ3v) is 5.28. The highest BCUT2D eigenvalue weighted by molar-refractivity contribution is 7.80. The maximum Gasteiger partial charge on any atom is 0.172 e. The first-order valence-corrected chi connectivity index (χ1v) is 9.53. The van der Waals surface area contributed by atoms with Gasteiger partial charge in [0.25, 0.3) is 0 Å². The van der Waals surface area contributed by atoms with Crippen molar-refractivity contribution in [1.82, 2.24) is 10.3 Å². The summed E-state index contributed by atoms with van der Waals surface area (Å²) in [5.41, 5.74) is 4.02. The Hall–Kier alpha value is -1.94. The minimum absolute atomic E-state index is 0.109. The number of anilines is 1. The van der Waals surface area contributed by atoms with Crippen molar-refractivity contribution >= 4 is 23.1 Å². The lowest BCUT2D eigenvalue weighted by Crippen LogP contribution is -2.48. The minimum Gasteiger partial charge on any atom is -0.357 e. The van der Waals surface area contributed by atoms with Gasteiger partial charge in [-0.25, -0.2) is 4.98 Å². The lowest BCUT2D eigenvalue weighted by Gasteiger charge is -2.32. The van der Waals surface area contributed by atoms with Gasteiger partial charge in [0.15, 0.2) is 5.11 Å². The first kappa shape index (κ1) is 17.9. The number of pyridine rings is 1. The van der Waals surface area contributed by atoms with Crippen molar-refractivity contribution < 1.29 is 0 Å². The molecule has 0 bridgehead atoms. The second-order valence-corrected chi connectivity index (χ2v) is 7.68. The van der Waals surface area contributed by atoms with Gasteiger partial charge in [-0.15, -0.1) is 0 Å². The molecule has 132 valence electrons. The number of aromatic nitrogens is 1. The van der Waals surface area contributed by atoms with E-state index >= 15 is 0 Å².